The molecule has 0 bridgehead atoms. The van der Waals surface area contributed by atoms with E-state index in [4.69, 9.17) is 4.98 Å². The topological polar surface area (TPSA) is 70.2 Å². The Hall–Kier alpha value is -3.93. The molecule has 1 aromatic carbocycles. The van der Waals surface area contributed by atoms with Gasteiger partial charge in [-0.3, -0.25) is 25.2 Å². The number of benzene rings is 1. The van der Waals surface area contributed by atoms with Gasteiger partial charge in [0.2, 0.25) is 0 Å². The standard InChI is InChI=1S/C23H19N5O/c29-23-20-14-25-13-19(16-7-10-24-11-8-16)21(20)15-28(27-23)12-9-18-6-5-17-3-1-2-4-22(17)26-18/h1-8,10-11,13-15,25H,9,12H2,(H,27,29). The zero-order valence-electron chi connectivity index (χ0n) is 15.7. The summed E-state index contributed by atoms with van der Waals surface area (Å²) in [6, 6.07) is 16.1. The summed E-state index contributed by atoms with van der Waals surface area (Å²) in [5, 5.41) is 6.04. The van der Waals surface area contributed by atoms with Gasteiger partial charge in [0.25, 0.3) is 5.91 Å². The summed E-state index contributed by atoms with van der Waals surface area (Å²) in [5.41, 5.74) is 8.41. The molecule has 3 aromatic rings. The van der Waals surface area contributed by atoms with Crippen molar-refractivity contribution in [2.45, 2.75) is 6.42 Å². The Kier molecular flexibility index (Phi) is 4.29. The van der Waals surface area contributed by atoms with Crippen LogP contribution in [0.25, 0.3) is 16.5 Å². The van der Waals surface area contributed by atoms with Crippen LogP contribution < -0.4 is 10.7 Å². The fraction of sp³-hybridized carbons (Fsp3) is 0.0870. The van der Waals surface area contributed by atoms with E-state index < -0.39 is 0 Å². The van der Waals surface area contributed by atoms with Crippen LogP contribution in [0.15, 0.2) is 90.7 Å². The number of amides is 1. The van der Waals surface area contributed by atoms with E-state index in [0.29, 0.717) is 12.1 Å². The number of hydrogen-bond donors (Lipinski definition) is 2. The van der Waals surface area contributed by atoms with Crippen molar-refractivity contribution in [2.75, 3.05) is 6.54 Å². The van der Waals surface area contributed by atoms with Crippen molar-refractivity contribution < 1.29 is 4.79 Å². The van der Waals surface area contributed by atoms with E-state index in [0.717, 1.165) is 39.7 Å². The minimum atomic E-state index is -0.124. The molecule has 0 saturated carbocycles. The number of hydrazine groups is 1. The summed E-state index contributed by atoms with van der Waals surface area (Å²) >= 11 is 0. The first-order valence-corrected chi connectivity index (χ1v) is 9.49. The summed E-state index contributed by atoms with van der Waals surface area (Å²) in [7, 11) is 0. The Morgan fingerprint density at radius 2 is 1.72 bits per heavy atom. The van der Waals surface area contributed by atoms with Gasteiger partial charge in [0.15, 0.2) is 0 Å². The number of fused-ring (bicyclic) bond motifs is 2. The number of nitrogens with zero attached hydrogens (tertiary/aromatic N) is 3. The first-order chi connectivity index (χ1) is 14.3. The third-order valence-electron chi connectivity index (χ3n) is 5.07. The van der Waals surface area contributed by atoms with Gasteiger partial charge in [-0.1, -0.05) is 24.3 Å². The maximum Gasteiger partial charge on any atom is 0.271 e. The number of para-hydroxylation sites is 1. The molecule has 2 aliphatic heterocycles. The summed E-state index contributed by atoms with van der Waals surface area (Å²) in [6.07, 6.45) is 9.85. The van der Waals surface area contributed by atoms with Crippen LogP contribution in [0, 0.1) is 0 Å². The highest BCUT2D eigenvalue weighted by Gasteiger charge is 2.27. The van der Waals surface area contributed by atoms with Crippen molar-refractivity contribution in [3.05, 3.63) is 102 Å². The number of hydrogen-bond acceptors (Lipinski definition) is 5. The van der Waals surface area contributed by atoms with Gasteiger partial charge in [0.1, 0.15) is 0 Å². The number of nitrogens with one attached hydrogen (secondary N) is 2. The molecule has 2 N–H and O–H groups in total. The third-order valence-corrected chi connectivity index (χ3v) is 5.07. The molecule has 0 spiro atoms. The number of rotatable bonds is 4. The van der Waals surface area contributed by atoms with Gasteiger partial charge in [-0.05, 0) is 29.8 Å². The van der Waals surface area contributed by atoms with Crippen LogP contribution in [-0.4, -0.2) is 27.4 Å². The molecule has 2 aromatic heterocycles. The van der Waals surface area contributed by atoms with Crippen LogP contribution in [0.5, 0.6) is 0 Å². The summed E-state index contributed by atoms with van der Waals surface area (Å²) < 4.78 is 0. The zero-order valence-corrected chi connectivity index (χ0v) is 15.7. The quantitative estimate of drug-likeness (QED) is 0.727. The SMILES string of the molecule is O=C1NN(CCc2ccc3ccccc3n2)C=C2C1=CNC=C2c1ccncc1. The number of aromatic nitrogens is 2. The Morgan fingerprint density at radius 1 is 0.897 bits per heavy atom. The molecule has 6 nitrogen and oxygen atoms in total. The lowest BCUT2D eigenvalue weighted by Crippen LogP contribution is -2.45. The lowest BCUT2D eigenvalue weighted by Gasteiger charge is -2.31. The van der Waals surface area contributed by atoms with Crippen LogP contribution in [0.2, 0.25) is 0 Å². The summed E-state index contributed by atoms with van der Waals surface area (Å²) in [5.74, 6) is -0.124. The van der Waals surface area contributed by atoms with Gasteiger partial charge in [-0.15, -0.1) is 0 Å². The van der Waals surface area contributed by atoms with Crippen molar-refractivity contribution >= 4 is 22.4 Å². The number of allylic oxidation sites excluding steroid dienone is 1. The van der Waals surface area contributed by atoms with E-state index in [-0.39, 0.29) is 5.91 Å². The number of carbonyl (C=O) groups is 1. The van der Waals surface area contributed by atoms with E-state index in [1.165, 1.54) is 0 Å². The van der Waals surface area contributed by atoms with Crippen LogP contribution in [0.1, 0.15) is 11.3 Å². The Balaban J connectivity index is 1.39. The van der Waals surface area contributed by atoms with E-state index in [1.54, 1.807) is 18.6 Å². The van der Waals surface area contributed by atoms with E-state index >= 15 is 0 Å². The first-order valence-electron chi connectivity index (χ1n) is 9.49. The number of dihydropyridines is 1. The van der Waals surface area contributed by atoms with E-state index in [1.807, 2.05) is 53.8 Å². The number of carbonyl (C=O) groups excluding carboxylic acids is 1. The molecule has 0 aliphatic carbocycles. The maximum atomic E-state index is 12.6. The highest BCUT2D eigenvalue weighted by atomic mass is 16.2. The molecule has 0 unspecified atom stereocenters. The molecule has 0 fully saturated rings. The molecule has 0 saturated heterocycles. The molecule has 0 radical (unpaired) electrons. The number of pyridine rings is 2. The van der Waals surface area contributed by atoms with Crippen LogP contribution in [0.3, 0.4) is 0 Å². The van der Waals surface area contributed by atoms with Gasteiger partial charge < -0.3 is 5.32 Å². The molecule has 142 valence electrons. The molecule has 0 atom stereocenters. The van der Waals surface area contributed by atoms with Gasteiger partial charge >= 0.3 is 0 Å². The summed E-state index contributed by atoms with van der Waals surface area (Å²) in [4.78, 5) is 21.4. The molecule has 29 heavy (non-hydrogen) atoms. The average Bonchev–Trinajstić information content (AvgIpc) is 2.78. The Bertz CT molecular complexity index is 1180. The second-order valence-corrected chi connectivity index (χ2v) is 6.94. The van der Waals surface area contributed by atoms with Crippen molar-refractivity contribution in [1.82, 2.24) is 25.7 Å². The minimum absolute atomic E-state index is 0.124. The van der Waals surface area contributed by atoms with E-state index in [2.05, 4.69) is 27.9 Å². The largest absolute Gasteiger partial charge is 0.366 e. The van der Waals surface area contributed by atoms with Crippen LogP contribution >= 0.6 is 0 Å². The van der Waals surface area contributed by atoms with Crippen LogP contribution in [0.4, 0.5) is 0 Å². The predicted molar refractivity (Wildman–Crippen MR) is 112 cm³/mol. The Morgan fingerprint density at radius 3 is 2.62 bits per heavy atom. The highest BCUT2D eigenvalue weighted by Crippen LogP contribution is 2.32. The van der Waals surface area contributed by atoms with Crippen molar-refractivity contribution in [2.24, 2.45) is 0 Å². The highest BCUT2D eigenvalue weighted by molar-refractivity contribution is 6.05. The van der Waals surface area contributed by atoms with Crippen molar-refractivity contribution in [1.29, 1.82) is 0 Å². The summed E-state index contributed by atoms with van der Waals surface area (Å²) in [6.45, 7) is 0.630. The van der Waals surface area contributed by atoms with Crippen molar-refractivity contribution in [3.8, 4) is 0 Å². The second kappa shape index (κ2) is 7.24. The van der Waals surface area contributed by atoms with Gasteiger partial charge in [0, 0.05) is 66.2 Å². The fourth-order valence-electron chi connectivity index (χ4n) is 3.59. The Labute approximate surface area is 168 Å². The maximum absolute atomic E-state index is 12.6. The monoisotopic (exact) mass is 381 g/mol. The second-order valence-electron chi connectivity index (χ2n) is 6.94. The van der Waals surface area contributed by atoms with E-state index in [9.17, 15) is 4.79 Å². The first kappa shape index (κ1) is 17.2. The van der Waals surface area contributed by atoms with Gasteiger partial charge in [0.05, 0.1) is 11.1 Å². The molecule has 1 amide bonds. The fourth-order valence-corrected chi connectivity index (χ4v) is 3.59. The molecule has 2 aliphatic rings. The van der Waals surface area contributed by atoms with Gasteiger partial charge in [-0.25, -0.2) is 0 Å². The molecular weight excluding hydrogens is 362 g/mol. The lowest BCUT2D eigenvalue weighted by molar-refractivity contribution is -0.121. The molecular formula is C23H19N5O. The van der Waals surface area contributed by atoms with Crippen molar-refractivity contribution in [3.63, 3.8) is 0 Å². The molecule has 4 heterocycles. The molecule has 6 heteroatoms. The normalized spacial score (nSPS) is 15.7. The molecule has 5 rings (SSSR count). The third kappa shape index (κ3) is 3.36. The lowest BCUT2D eigenvalue weighted by atomic mass is 9.91. The predicted octanol–water partition coefficient (Wildman–Crippen LogP) is 2.93. The van der Waals surface area contributed by atoms with Gasteiger partial charge in [-0.2, -0.15) is 0 Å². The average molecular weight is 381 g/mol. The van der Waals surface area contributed by atoms with Crippen LogP contribution in [-0.2, 0) is 11.2 Å². The smallest absolute Gasteiger partial charge is 0.271 e. The minimum Gasteiger partial charge on any atom is -0.366 e. The zero-order chi connectivity index (χ0) is 19.6.